The van der Waals surface area contributed by atoms with Crippen LogP contribution >= 0.6 is 0 Å². The van der Waals surface area contributed by atoms with E-state index in [1.165, 1.54) is 6.33 Å². The van der Waals surface area contributed by atoms with Gasteiger partial charge in [-0.15, -0.1) is 0 Å². The lowest BCUT2D eigenvalue weighted by Gasteiger charge is -2.39. The molecule has 0 aromatic carbocycles. The number of aromatic nitrogens is 2. The molecule has 1 aromatic rings. The van der Waals surface area contributed by atoms with E-state index in [0.29, 0.717) is 5.69 Å². The van der Waals surface area contributed by atoms with Crippen molar-refractivity contribution in [1.82, 2.24) is 15.3 Å². The highest BCUT2D eigenvalue weighted by Gasteiger charge is 2.43. The van der Waals surface area contributed by atoms with Crippen LogP contribution in [0.1, 0.15) is 25.0 Å². The number of nitrogens with zero attached hydrogens (tertiary/aromatic N) is 1. The molecule has 0 unspecified atom stereocenters. The summed E-state index contributed by atoms with van der Waals surface area (Å²) in [7, 11) is 0. The Bertz CT molecular complexity index is 448. The molecule has 1 aliphatic rings. The summed E-state index contributed by atoms with van der Waals surface area (Å²) in [4.78, 5) is 30.0. The molecule has 1 aliphatic carbocycles. The predicted molar refractivity (Wildman–Crippen MR) is 67.2 cm³/mol. The molecule has 104 valence electrons. The maximum absolute atomic E-state index is 12.1. The van der Waals surface area contributed by atoms with E-state index in [1.807, 2.05) is 0 Å². The van der Waals surface area contributed by atoms with Gasteiger partial charge in [-0.3, -0.25) is 4.79 Å². The highest BCUT2D eigenvalue weighted by atomic mass is 16.4. The van der Waals surface area contributed by atoms with Gasteiger partial charge in [-0.1, -0.05) is 6.42 Å². The Labute approximate surface area is 110 Å². The number of aliphatic carboxylic acids is 1. The van der Waals surface area contributed by atoms with Crippen LogP contribution in [0.2, 0.25) is 0 Å². The molecular weight excluding hydrogens is 248 g/mol. The molecule has 0 radical (unpaired) electrons. The molecule has 1 aromatic heterocycles. The third kappa shape index (κ3) is 2.76. The van der Waals surface area contributed by atoms with E-state index >= 15 is 0 Å². The summed E-state index contributed by atoms with van der Waals surface area (Å²) in [6, 6.07) is -0.961. The number of H-pyrrole nitrogens is 1. The first-order chi connectivity index (χ1) is 9.07. The number of hydrogen-bond donors (Lipinski definition) is 4. The van der Waals surface area contributed by atoms with Crippen LogP contribution in [0.5, 0.6) is 0 Å². The zero-order chi connectivity index (χ0) is 13.9. The molecule has 1 heterocycles. The summed E-state index contributed by atoms with van der Waals surface area (Å²) in [5.74, 6) is -1.32. The first kappa shape index (κ1) is 13.5. The highest BCUT2D eigenvalue weighted by Crippen LogP contribution is 2.40. The van der Waals surface area contributed by atoms with Crippen molar-refractivity contribution in [1.29, 1.82) is 0 Å². The van der Waals surface area contributed by atoms with Gasteiger partial charge in [-0.25, -0.2) is 9.78 Å². The van der Waals surface area contributed by atoms with Crippen molar-refractivity contribution in [2.45, 2.75) is 31.7 Å². The Kier molecular flexibility index (Phi) is 3.84. The zero-order valence-corrected chi connectivity index (χ0v) is 10.6. The summed E-state index contributed by atoms with van der Waals surface area (Å²) in [5.41, 5.74) is 5.73. The number of aromatic amines is 1. The number of nitrogens with two attached hydrogens (primary N) is 1. The van der Waals surface area contributed by atoms with E-state index in [2.05, 4.69) is 15.3 Å². The average molecular weight is 266 g/mol. The lowest BCUT2D eigenvalue weighted by atomic mass is 9.68. The Morgan fingerprint density at radius 2 is 2.32 bits per heavy atom. The van der Waals surface area contributed by atoms with E-state index in [4.69, 9.17) is 10.8 Å². The monoisotopic (exact) mass is 266 g/mol. The van der Waals surface area contributed by atoms with Gasteiger partial charge in [-0.05, 0) is 12.8 Å². The Morgan fingerprint density at radius 3 is 2.74 bits per heavy atom. The van der Waals surface area contributed by atoms with Gasteiger partial charge in [0.2, 0.25) is 5.91 Å². The molecule has 5 N–H and O–H groups in total. The van der Waals surface area contributed by atoms with E-state index in [-0.39, 0.29) is 18.9 Å². The molecule has 1 amide bonds. The van der Waals surface area contributed by atoms with Crippen LogP contribution in [0, 0.1) is 5.41 Å². The van der Waals surface area contributed by atoms with Gasteiger partial charge in [-0.2, -0.15) is 0 Å². The summed E-state index contributed by atoms with van der Waals surface area (Å²) in [5, 5.41) is 11.8. The first-order valence-corrected chi connectivity index (χ1v) is 6.28. The molecule has 0 saturated heterocycles. The van der Waals surface area contributed by atoms with Crippen molar-refractivity contribution >= 4 is 11.9 Å². The second-order valence-corrected chi connectivity index (χ2v) is 4.98. The van der Waals surface area contributed by atoms with E-state index in [1.54, 1.807) is 6.20 Å². The largest absolute Gasteiger partial charge is 0.480 e. The quantitative estimate of drug-likeness (QED) is 0.561. The van der Waals surface area contributed by atoms with Crippen molar-refractivity contribution in [2.75, 3.05) is 6.54 Å². The average Bonchev–Trinajstić information content (AvgIpc) is 2.80. The second kappa shape index (κ2) is 5.40. The number of amides is 1. The maximum Gasteiger partial charge on any atom is 0.326 e. The maximum atomic E-state index is 12.1. The Hall–Kier alpha value is -1.89. The fourth-order valence-electron chi connectivity index (χ4n) is 2.26. The van der Waals surface area contributed by atoms with Crippen molar-refractivity contribution in [3.8, 4) is 0 Å². The summed E-state index contributed by atoms with van der Waals surface area (Å²) < 4.78 is 0. The topological polar surface area (TPSA) is 121 Å². The predicted octanol–water partition coefficient (Wildman–Crippen LogP) is -0.349. The van der Waals surface area contributed by atoms with E-state index in [0.717, 1.165) is 19.3 Å². The van der Waals surface area contributed by atoms with Crippen LogP contribution in [0.25, 0.3) is 0 Å². The van der Waals surface area contributed by atoms with Crippen molar-refractivity contribution in [2.24, 2.45) is 11.1 Å². The molecule has 0 aliphatic heterocycles. The number of hydrogen-bond acceptors (Lipinski definition) is 4. The highest BCUT2D eigenvalue weighted by molar-refractivity contribution is 5.88. The fraction of sp³-hybridized carbons (Fsp3) is 0.583. The number of carboxylic acid groups (broad SMARTS) is 1. The van der Waals surface area contributed by atoms with Crippen LogP contribution in [0.4, 0.5) is 0 Å². The number of nitrogens with one attached hydrogen (secondary N) is 2. The molecule has 1 fully saturated rings. The van der Waals surface area contributed by atoms with Gasteiger partial charge in [0, 0.05) is 24.9 Å². The first-order valence-electron chi connectivity index (χ1n) is 6.28. The van der Waals surface area contributed by atoms with Gasteiger partial charge < -0.3 is 21.1 Å². The van der Waals surface area contributed by atoms with Crippen molar-refractivity contribution in [3.63, 3.8) is 0 Å². The van der Waals surface area contributed by atoms with Crippen molar-refractivity contribution in [3.05, 3.63) is 18.2 Å². The molecule has 0 bridgehead atoms. The van der Waals surface area contributed by atoms with Gasteiger partial charge in [0.15, 0.2) is 0 Å². The lowest BCUT2D eigenvalue weighted by molar-refractivity contribution is -0.145. The van der Waals surface area contributed by atoms with E-state index < -0.39 is 17.4 Å². The normalized spacial score (nSPS) is 18.4. The van der Waals surface area contributed by atoms with Crippen LogP contribution in [-0.4, -0.2) is 39.5 Å². The van der Waals surface area contributed by atoms with Gasteiger partial charge in [0.05, 0.1) is 11.7 Å². The molecule has 7 nitrogen and oxygen atoms in total. The minimum Gasteiger partial charge on any atom is -0.480 e. The Balaban J connectivity index is 2.00. The number of rotatable bonds is 6. The van der Waals surface area contributed by atoms with Crippen LogP contribution in [-0.2, 0) is 16.0 Å². The van der Waals surface area contributed by atoms with Crippen molar-refractivity contribution < 1.29 is 14.7 Å². The van der Waals surface area contributed by atoms with E-state index in [9.17, 15) is 9.59 Å². The van der Waals surface area contributed by atoms with Crippen LogP contribution in [0.3, 0.4) is 0 Å². The molecular formula is C12H18N4O3. The van der Waals surface area contributed by atoms with Gasteiger partial charge in [0.25, 0.3) is 0 Å². The van der Waals surface area contributed by atoms with Crippen LogP contribution < -0.4 is 11.1 Å². The zero-order valence-electron chi connectivity index (χ0n) is 10.6. The van der Waals surface area contributed by atoms with Crippen LogP contribution in [0.15, 0.2) is 12.5 Å². The third-order valence-electron chi connectivity index (χ3n) is 3.77. The molecule has 7 heteroatoms. The van der Waals surface area contributed by atoms with Gasteiger partial charge in [0.1, 0.15) is 6.04 Å². The number of carbonyl (C=O) groups is 2. The molecule has 1 saturated carbocycles. The minimum absolute atomic E-state index is 0.182. The molecule has 19 heavy (non-hydrogen) atoms. The fourth-order valence-corrected chi connectivity index (χ4v) is 2.26. The number of carboxylic acids is 1. The number of imidazole rings is 1. The minimum atomic E-state index is -1.06. The summed E-state index contributed by atoms with van der Waals surface area (Å²) >= 11 is 0. The smallest absolute Gasteiger partial charge is 0.326 e. The number of carbonyl (C=O) groups excluding carboxylic acids is 1. The molecule has 1 atom stereocenters. The Morgan fingerprint density at radius 1 is 1.58 bits per heavy atom. The molecule has 0 spiro atoms. The second-order valence-electron chi connectivity index (χ2n) is 4.98. The third-order valence-corrected chi connectivity index (χ3v) is 3.77. The SMILES string of the molecule is NCC1(C(=O)N[C@H](Cc2cnc[nH]2)C(=O)O)CCC1. The summed E-state index contributed by atoms with van der Waals surface area (Å²) in [6.07, 6.45) is 5.62. The van der Waals surface area contributed by atoms with Gasteiger partial charge >= 0.3 is 5.97 Å². The summed E-state index contributed by atoms with van der Waals surface area (Å²) in [6.45, 7) is 0.259. The molecule has 2 rings (SSSR count). The standard InChI is InChI=1S/C12H18N4O3/c13-6-12(2-1-3-12)11(19)16-9(10(17)18)4-8-5-14-7-15-8/h5,7,9H,1-4,6,13H2,(H,14,15)(H,16,19)(H,17,18)/t9-/m1/s1. The lowest BCUT2D eigenvalue weighted by Crippen LogP contribution is -2.54.